The number of unbranched alkanes of at least 4 members (excludes halogenated alkanes) is 1. The van der Waals surface area contributed by atoms with Gasteiger partial charge in [-0.15, -0.1) is 11.3 Å². The van der Waals surface area contributed by atoms with E-state index < -0.39 is 11.2 Å². The molecule has 2 aromatic heterocycles. The van der Waals surface area contributed by atoms with Crippen LogP contribution < -0.4 is 21.9 Å². The van der Waals surface area contributed by atoms with E-state index in [1.165, 1.54) is 26.9 Å². The predicted octanol–water partition coefficient (Wildman–Crippen LogP) is 3.08. The number of nitrogens with one attached hydrogen (secondary N) is 1. The van der Waals surface area contributed by atoms with Crippen molar-refractivity contribution >= 4 is 34.8 Å². The van der Waals surface area contributed by atoms with Gasteiger partial charge in [0.05, 0.1) is 6.54 Å². The number of carbonyl (C=O) groups excluding carboxylic acids is 1. The largest absolute Gasteiger partial charge is 0.383 e. The molecule has 3 rings (SSSR count). The molecule has 1 aromatic carbocycles. The summed E-state index contributed by atoms with van der Waals surface area (Å²) in [6.07, 6.45) is 4.65. The van der Waals surface area contributed by atoms with Crippen LogP contribution >= 0.6 is 11.3 Å². The molecule has 156 valence electrons. The Balaban J connectivity index is 2.01. The number of rotatable bonds is 8. The lowest BCUT2D eigenvalue weighted by Gasteiger charge is -2.23. The number of H-pyrrole nitrogens is 1. The smallest absolute Gasteiger partial charge is 0.330 e. The standard InChI is InChI=1S/C22H24N4O3S/c1-2-3-13-25(18(27)12-11-17-10-7-14-30-17)19-20(23)26(22(29)24-21(19)28)15-16-8-5-4-6-9-16/h4-12,14H,2-3,13,15,23H2,1H3,(H,24,28,29). The molecule has 0 saturated heterocycles. The van der Waals surface area contributed by atoms with Gasteiger partial charge in [0, 0.05) is 17.5 Å². The molecule has 8 heteroatoms. The van der Waals surface area contributed by atoms with Crippen LogP contribution in [0.2, 0.25) is 0 Å². The summed E-state index contributed by atoms with van der Waals surface area (Å²) in [4.78, 5) is 42.6. The number of thiophene rings is 1. The topological polar surface area (TPSA) is 101 Å². The minimum absolute atomic E-state index is 0.000175. The monoisotopic (exact) mass is 424 g/mol. The number of nitrogens with two attached hydrogens (primary N) is 1. The lowest BCUT2D eigenvalue weighted by Crippen LogP contribution is -2.41. The summed E-state index contributed by atoms with van der Waals surface area (Å²) in [5.41, 5.74) is 5.84. The Morgan fingerprint density at radius 3 is 2.63 bits per heavy atom. The van der Waals surface area contributed by atoms with Crippen molar-refractivity contribution in [2.45, 2.75) is 26.3 Å². The third kappa shape index (κ3) is 4.96. The number of anilines is 2. The van der Waals surface area contributed by atoms with E-state index in [9.17, 15) is 14.4 Å². The zero-order chi connectivity index (χ0) is 21.5. The number of benzene rings is 1. The van der Waals surface area contributed by atoms with Crippen LogP contribution in [0.15, 0.2) is 63.5 Å². The molecule has 0 unspecified atom stereocenters. The van der Waals surface area contributed by atoms with Crippen molar-refractivity contribution < 1.29 is 4.79 Å². The number of hydrogen-bond donors (Lipinski definition) is 2. The summed E-state index contributed by atoms with van der Waals surface area (Å²) >= 11 is 1.51. The molecule has 30 heavy (non-hydrogen) atoms. The zero-order valence-corrected chi connectivity index (χ0v) is 17.5. The van der Waals surface area contributed by atoms with E-state index in [4.69, 9.17) is 5.73 Å². The van der Waals surface area contributed by atoms with Crippen molar-refractivity contribution in [3.05, 3.63) is 85.2 Å². The van der Waals surface area contributed by atoms with Gasteiger partial charge < -0.3 is 10.6 Å². The Morgan fingerprint density at radius 2 is 1.97 bits per heavy atom. The van der Waals surface area contributed by atoms with Crippen LogP contribution in [-0.4, -0.2) is 22.0 Å². The summed E-state index contributed by atoms with van der Waals surface area (Å²) in [6.45, 7) is 2.51. The number of nitrogens with zero attached hydrogens (tertiary/aromatic N) is 2. The van der Waals surface area contributed by atoms with Gasteiger partial charge in [0.2, 0.25) is 0 Å². The first-order chi connectivity index (χ1) is 14.5. The van der Waals surface area contributed by atoms with Crippen LogP contribution in [0.5, 0.6) is 0 Å². The molecule has 0 bridgehead atoms. The maximum atomic E-state index is 13.0. The quantitative estimate of drug-likeness (QED) is 0.543. The molecule has 0 atom stereocenters. The van der Waals surface area contributed by atoms with E-state index >= 15 is 0 Å². The number of aromatic amines is 1. The van der Waals surface area contributed by atoms with Gasteiger partial charge in [0.1, 0.15) is 5.82 Å². The third-order valence-corrected chi connectivity index (χ3v) is 5.44. The molecule has 0 radical (unpaired) electrons. The summed E-state index contributed by atoms with van der Waals surface area (Å²) in [7, 11) is 0. The average molecular weight is 425 g/mol. The molecule has 3 aromatic rings. The van der Waals surface area contributed by atoms with E-state index in [0.29, 0.717) is 13.0 Å². The molecule has 0 aliphatic carbocycles. The first kappa shape index (κ1) is 21.3. The van der Waals surface area contributed by atoms with Crippen molar-refractivity contribution in [3.8, 4) is 0 Å². The molecule has 0 fully saturated rings. The zero-order valence-electron chi connectivity index (χ0n) is 16.7. The van der Waals surface area contributed by atoms with Gasteiger partial charge in [-0.2, -0.15) is 0 Å². The molecule has 7 nitrogen and oxygen atoms in total. The third-order valence-electron chi connectivity index (χ3n) is 4.60. The maximum Gasteiger partial charge on any atom is 0.330 e. The number of hydrogen-bond acceptors (Lipinski definition) is 5. The van der Waals surface area contributed by atoms with Gasteiger partial charge in [0.25, 0.3) is 11.5 Å². The van der Waals surface area contributed by atoms with Gasteiger partial charge in [-0.25, -0.2) is 4.79 Å². The highest BCUT2D eigenvalue weighted by molar-refractivity contribution is 7.10. The maximum absolute atomic E-state index is 13.0. The lowest BCUT2D eigenvalue weighted by atomic mass is 10.2. The first-order valence-corrected chi connectivity index (χ1v) is 10.6. The van der Waals surface area contributed by atoms with Gasteiger partial charge in [0.15, 0.2) is 5.69 Å². The minimum Gasteiger partial charge on any atom is -0.383 e. The van der Waals surface area contributed by atoms with Gasteiger partial charge in [-0.3, -0.25) is 19.1 Å². The van der Waals surface area contributed by atoms with Crippen molar-refractivity contribution in [2.75, 3.05) is 17.2 Å². The Morgan fingerprint density at radius 1 is 1.20 bits per heavy atom. The Bertz CT molecular complexity index is 1130. The van der Waals surface area contributed by atoms with Crippen LogP contribution in [0.3, 0.4) is 0 Å². The van der Waals surface area contributed by atoms with Crippen molar-refractivity contribution in [2.24, 2.45) is 0 Å². The Labute approximate surface area is 178 Å². The van der Waals surface area contributed by atoms with Crippen LogP contribution in [0, 0.1) is 0 Å². The second kappa shape index (κ2) is 9.89. The number of amides is 1. The lowest BCUT2D eigenvalue weighted by molar-refractivity contribution is -0.114. The van der Waals surface area contributed by atoms with Crippen LogP contribution in [0.25, 0.3) is 6.08 Å². The van der Waals surface area contributed by atoms with Crippen LogP contribution in [0.4, 0.5) is 11.5 Å². The van der Waals surface area contributed by atoms with E-state index in [-0.39, 0.29) is 24.0 Å². The highest BCUT2D eigenvalue weighted by atomic mass is 32.1. The highest BCUT2D eigenvalue weighted by Crippen LogP contribution is 2.20. The second-order valence-corrected chi connectivity index (χ2v) is 7.74. The van der Waals surface area contributed by atoms with Gasteiger partial charge in [-0.05, 0) is 29.5 Å². The fraction of sp³-hybridized carbons (Fsp3) is 0.227. The van der Waals surface area contributed by atoms with E-state index in [0.717, 1.165) is 16.9 Å². The van der Waals surface area contributed by atoms with Crippen LogP contribution in [0.1, 0.15) is 30.2 Å². The van der Waals surface area contributed by atoms with E-state index in [1.807, 2.05) is 54.8 Å². The summed E-state index contributed by atoms with van der Waals surface area (Å²) < 4.78 is 1.28. The Kier molecular flexibility index (Phi) is 7.03. The fourth-order valence-electron chi connectivity index (χ4n) is 3.04. The normalized spacial score (nSPS) is 11.1. The highest BCUT2D eigenvalue weighted by Gasteiger charge is 2.22. The Hall–Kier alpha value is -3.39. The van der Waals surface area contributed by atoms with E-state index in [1.54, 1.807) is 6.08 Å². The SMILES string of the molecule is CCCCN(C(=O)C=Cc1cccs1)c1c(N)n(Cc2ccccc2)c(=O)[nH]c1=O. The van der Waals surface area contributed by atoms with Crippen LogP contribution in [-0.2, 0) is 11.3 Å². The summed E-state index contributed by atoms with van der Waals surface area (Å²) in [5.74, 6) is -0.388. The minimum atomic E-state index is -0.671. The molecule has 2 heterocycles. The molecule has 0 saturated carbocycles. The predicted molar refractivity (Wildman–Crippen MR) is 122 cm³/mol. The molecule has 0 aliphatic rings. The number of nitrogen functional groups attached to an aromatic ring is 1. The average Bonchev–Trinajstić information content (AvgIpc) is 3.26. The fourth-order valence-corrected chi connectivity index (χ4v) is 3.66. The summed E-state index contributed by atoms with van der Waals surface area (Å²) in [6, 6.07) is 13.1. The van der Waals surface area contributed by atoms with Crippen molar-refractivity contribution in [1.82, 2.24) is 9.55 Å². The molecule has 1 amide bonds. The van der Waals surface area contributed by atoms with Gasteiger partial charge >= 0.3 is 5.69 Å². The molecular weight excluding hydrogens is 400 g/mol. The summed E-state index contributed by atoms with van der Waals surface area (Å²) in [5, 5.41) is 1.92. The molecule has 3 N–H and O–H groups in total. The number of carbonyl (C=O) groups is 1. The molecule has 0 aliphatic heterocycles. The van der Waals surface area contributed by atoms with E-state index in [2.05, 4.69) is 4.98 Å². The molecule has 0 spiro atoms. The second-order valence-electron chi connectivity index (χ2n) is 6.76. The van der Waals surface area contributed by atoms with Gasteiger partial charge in [-0.1, -0.05) is 49.7 Å². The molecular formula is C22H24N4O3S. The number of aromatic nitrogens is 2. The first-order valence-electron chi connectivity index (χ1n) is 9.71. The van der Waals surface area contributed by atoms with Crippen molar-refractivity contribution in [3.63, 3.8) is 0 Å². The van der Waals surface area contributed by atoms with Crippen molar-refractivity contribution in [1.29, 1.82) is 0 Å².